The lowest BCUT2D eigenvalue weighted by atomic mass is 9.80. The summed E-state index contributed by atoms with van der Waals surface area (Å²) in [7, 11) is 2.94. The molecule has 0 aliphatic rings. The molecule has 4 aromatic carbocycles. The molecule has 1 nitrogen and oxygen atoms in total. The van der Waals surface area contributed by atoms with Gasteiger partial charge in [0, 0.05) is 0 Å². The highest BCUT2D eigenvalue weighted by molar-refractivity contribution is 8.93. The molecule has 164 valence electrons. The fourth-order valence-electron chi connectivity index (χ4n) is 3.80. The second kappa shape index (κ2) is 9.89. The topological polar surface area (TPSA) is 9.23 Å². The zero-order chi connectivity index (χ0) is 21.9. The van der Waals surface area contributed by atoms with Crippen LogP contribution in [0.4, 0.5) is 13.2 Å². The molecule has 0 bridgehead atoms. The molecular formula is C26H21BrF3OP. The van der Waals surface area contributed by atoms with Gasteiger partial charge in [0.05, 0.1) is 5.16 Å². The number of rotatable bonds is 5. The Morgan fingerprint density at radius 3 is 1.56 bits per heavy atom. The average molecular weight is 517 g/mol. The van der Waals surface area contributed by atoms with Crippen molar-refractivity contribution in [1.29, 1.82) is 0 Å². The monoisotopic (exact) mass is 516 g/mol. The van der Waals surface area contributed by atoms with Crippen molar-refractivity contribution >= 4 is 26.2 Å². The first-order chi connectivity index (χ1) is 14.9. The van der Waals surface area contributed by atoms with Crippen LogP contribution in [0.2, 0.25) is 0 Å². The van der Waals surface area contributed by atoms with E-state index in [1.807, 2.05) is 91.0 Å². The molecule has 0 saturated carbocycles. The molecule has 0 aliphatic heterocycles. The van der Waals surface area contributed by atoms with E-state index in [2.05, 4.69) is 14.0 Å². The van der Waals surface area contributed by atoms with Crippen LogP contribution < -0.4 is 4.74 Å². The van der Waals surface area contributed by atoms with E-state index in [0.717, 1.165) is 22.3 Å². The van der Waals surface area contributed by atoms with E-state index in [4.69, 9.17) is 0 Å². The second-order valence-electron chi connectivity index (χ2n) is 7.16. The summed E-state index contributed by atoms with van der Waals surface area (Å²) in [6.07, 6.45) is -4.76. The molecule has 1 unspecified atom stereocenters. The Labute approximate surface area is 198 Å². The summed E-state index contributed by atoms with van der Waals surface area (Å²) in [6, 6.07) is 33.7. The maximum absolute atomic E-state index is 12.9. The van der Waals surface area contributed by atoms with Crippen LogP contribution in [0.3, 0.4) is 0 Å². The summed E-state index contributed by atoms with van der Waals surface area (Å²) in [5.74, 6) is -0.247. The van der Waals surface area contributed by atoms with Gasteiger partial charge in [-0.2, -0.15) is 0 Å². The molecule has 1 atom stereocenters. The van der Waals surface area contributed by atoms with E-state index < -0.39 is 11.5 Å². The summed E-state index contributed by atoms with van der Waals surface area (Å²) < 4.78 is 43.0. The van der Waals surface area contributed by atoms with Crippen molar-refractivity contribution in [3.8, 4) is 16.9 Å². The van der Waals surface area contributed by atoms with E-state index in [0.29, 0.717) is 5.56 Å². The Hall–Kier alpha value is -2.62. The Morgan fingerprint density at radius 1 is 0.625 bits per heavy atom. The van der Waals surface area contributed by atoms with Crippen molar-refractivity contribution in [3.63, 3.8) is 0 Å². The minimum absolute atomic E-state index is 0. The third-order valence-electron chi connectivity index (χ3n) is 5.19. The Morgan fingerprint density at radius 2 is 1.09 bits per heavy atom. The van der Waals surface area contributed by atoms with Gasteiger partial charge in [-0.1, -0.05) is 97.1 Å². The largest absolute Gasteiger partial charge is 0.573 e. The predicted molar refractivity (Wildman–Crippen MR) is 131 cm³/mol. The van der Waals surface area contributed by atoms with Gasteiger partial charge in [0.2, 0.25) is 0 Å². The molecule has 0 aliphatic carbocycles. The molecule has 4 rings (SSSR count). The van der Waals surface area contributed by atoms with Gasteiger partial charge in [-0.3, -0.25) is 0 Å². The lowest BCUT2D eigenvalue weighted by Gasteiger charge is -2.34. The highest BCUT2D eigenvalue weighted by Crippen LogP contribution is 2.49. The number of benzene rings is 4. The lowest BCUT2D eigenvalue weighted by Crippen LogP contribution is -2.23. The van der Waals surface area contributed by atoms with Crippen molar-refractivity contribution in [1.82, 2.24) is 0 Å². The summed E-state index contributed by atoms with van der Waals surface area (Å²) in [4.78, 5) is 0. The van der Waals surface area contributed by atoms with Crippen molar-refractivity contribution in [3.05, 3.63) is 126 Å². The molecule has 0 fully saturated rings. The molecule has 32 heavy (non-hydrogen) atoms. The maximum atomic E-state index is 12.9. The first-order valence-electron chi connectivity index (χ1n) is 9.73. The number of halogens is 4. The van der Waals surface area contributed by atoms with Crippen LogP contribution in [0.1, 0.15) is 16.7 Å². The van der Waals surface area contributed by atoms with Gasteiger partial charge in [-0.15, -0.1) is 39.4 Å². The molecule has 4 aromatic rings. The van der Waals surface area contributed by atoms with E-state index in [1.165, 1.54) is 12.1 Å². The minimum Gasteiger partial charge on any atom is -0.406 e. The predicted octanol–water partition coefficient (Wildman–Crippen LogP) is 8.00. The fourth-order valence-corrected chi connectivity index (χ4v) is 4.44. The molecule has 0 heterocycles. The average Bonchev–Trinajstić information content (AvgIpc) is 2.79. The third-order valence-corrected chi connectivity index (χ3v) is 6.17. The molecule has 0 saturated heterocycles. The van der Waals surface area contributed by atoms with Crippen LogP contribution in [0, 0.1) is 0 Å². The SMILES string of the molecule is Br.FC(F)(F)Oc1ccc(C(P)(c2ccccc2)c2ccccc2)c(-c2ccccc2)c1. The van der Waals surface area contributed by atoms with Crippen LogP contribution in [-0.4, -0.2) is 6.36 Å². The van der Waals surface area contributed by atoms with Crippen LogP contribution in [-0.2, 0) is 5.16 Å². The number of ether oxygens (including phenoxy) is 1. The minimum atomic E-state index is -4.76. The molecule has 0 radical (unpaired) electrons. The van der Waals surface area contributed by atoms with Gasteiger partial charge < -0.3 is 4.74 Å². The van der Waals surface area contributed by atoms with E-state index in [9.17, 15) is 13.2 Å². The highest BCUT2D eigenvalue weighted by Gasteiger charge is 2.35. The molecule has 0 aromatic heterocycles. The van der Waals surface area contributed by atoms with Crippen LogP contribution in [0.25, 0.3) is 11.1 Å². The molecular weight excluding hydrogens is 496 g/mol. The van der Waals surface area contributed by atoms with Crippen LogP contribution in [0.15, 0.2) is 109 Å². The van der Waals surface area contributed by atoms with E-state index in [-0.39, 0.29) is 22.7 Å². The van der Waals surface area contributed by atoms with Gasteiger partial charge in [-0.25, -0.2) is 0 Å². The van der Waals surface area contributed by atoms with Gasteiger partial charge >= 0.3 is 6.36 Å². The highest BCUT2D eigenvalue weighted by atomic mass is 79.9. The maximum Gasteiger partial charge on any atom is 0.573 e. The normalized spacial score (nSPS) is 11.5. The molecule has 6 heteroatoms. The Bertz CT molecular complexity index is 1110. The third kappa shape index (κ3) is 5.06. The summed E-state index contributed by atoms with van der Waals surface area (Å²) in [5, 5.41) is -0.676. The summed E-state index contributed by atoms with van der Waals surface area (Å²) in [6.45, 7) is 0. The van der Waals surface area contributed by atoms with Gasteiger partial charge in [0.1, 0.15) is 5.75 Å². The van der Waals surface area contributed by atoms with Crippen molar-refractivity contribution in [2.75, 3.05) is 0 Å². The van der Waals surface area contributed by atoms with E-state index in [1.54, 1.807) is 6.07 Å². The van der Waals surface area contributed by atoms with Gasteiger partial charge in [0.25, 0.3) is 0 Å². The standard InChI is InChI=1S/C26H20F3OP.BrH/c27-26(28,29)30-22-16-17-24(23(18-22)19-10-4-1-5-11-19)25(31,20-12-6-2-7-13-20)21-14-8-3-9-15-21;/h1-18H,31H2;1H. The first-order valence-corrected chi connectivity index (χ1v) is 10.3. The number of alkyl halides is 3. The zero-order valence-electron chi connectivity index (χ0n) is 16.9. The zero-order valence-corrected chi connectivity index (χ0v) is 19.8. The first kappa shape index (κ1) is 24.0. The van der Waals surface area contributed by atoms with E-state index >= 15 is 0 Å². The molecule has 0 N–H and O–H groups in total. The summed E-state index contributed by atoms with van der Waals surface area (Å²) in [5.41, 5.74) is 4.35. The Balaban J connectivity index is 0.00000289. The van der Waals surface area contributed by atoms with Crippen LogP contribution >= 0.6 is 26.2 Å². The van der Waals surface area contributed by atoms with Crippen LogP contribution in [0.5, 0.6) is 5.75 Å². The smallest absolute Gasteiger partial charge is 0.406 e. The van der Waals surface area contributed by atoms with Gasteiger partial charge in [-0.05, 0) is 39.9 Å². The van der Waals surface area contributed by atoms with Crippen molar-refractivity contribution < 1.29 is 17.9 Å². The second-order valence-corrected chi connectivity index (χ2v) is 8.03. The quantitative estimate of drug-likeness (QED) is 0.193. The Kier molecular flexibility index (Phi) is 7.43. The molecule has 0 spiro atoms. The lowest BCUT2D eigenvalue weighted by molar-refractivity contribution is -0.274. The molecule has 0 amide bonds. The summed E-state index contributed by atoms with van der Waals surface area (Å²) >= 11 is 0. The van der Waals surface area contributed by atoms with Gasteiger partial charge in [0.15, 0.2) is 0 Å². The fraction of sp³-hybridized carbons (Fsp3) is 0.0769. The number of hydrogen-bond donors (Lipinski definition) is 0. The van der Waals surface area contributed by atoms with Crippen molar-refractivity contribution in [2.24, 2.45) is 0 Å². The number of hydrogen-bond acceptors (Lipinski definition) is 1. The van der Waals surface area contributed by atoms with Crippen molar-refractivity contribution in [2.45, 2.75) is 11.5 Å².